The van der Waals surface area contributed by atoms with Gasteiger partial charge < -0.3 is 5.32 Å². The van der Waals surface area contributed by atoms with Crippen molar-refractivity contribution in [2.75, 3.05) is 6.54 Å². The molecule has 0 aliphatic heterocycles. The van der Waals surface area contributed by atoms with E-state index in [1.54, 1.807) is 12.2 Å². The van der Waals surface area contributed by atoms with Crippen LogP contribution in [0.3, 0.4) is 0 Å². The van der Waals surface area contributed by atoms with Gasteiger partial charge >= 0.3 is 0 Å². The van der Waals surface area contributed by atoms with Crippen molar-refractivity contribution in [1.82, 2.24) is 5.32 Å². The van der Waals surface area contributed by atoms with E-state index in [4.69, 9.17) is 5.26 Å². The Morgan fingerprint density at radius 3 is 2.40 bits per heavy atom. The monoisotopic (exact) mass is 268 g/mol. The van der Waals surface area contributed by atoms with Gasteiger partial charge in [-0.3, -0.25) is 4.79 Å². The van der Waals surface area contributed by atoms with Crippen LogP contribution in [-0.2, 0) is 10.2 Å². The predicted molar refractivity (Wildman–Crippen MR) is 81.9 cm³/mol. The molecule has 0 saturated carbocycles. The molecule has 0 bridgehead atoms. The molecule has 3 nitrogen and oxygen atoms in total. The first-order chi connectivity index (χ1) is 9.38. The number of amides is 1. The number of nitriles is 1. The largest absolute Gasteiger partial charge is 0.348 e. The van der Waals surface area contributed by atoms with Crippen LogP contribution in [-0.4, -0.2) is 12.5 Å². The molecule has 0 aliphatic rings. The summed E-state index contributed by atoms with van der Waals surface area (Å²) in [6.07, 6.45) is 3.16. The Kier molecular flexibility index (Phi) is 5.28. The second-order valence-corrected chi connectivity index (χ2v) is 5.54. The molecular formula is C17H20N2O. The van der Waals surface area contributed by atoms with Gasteiger partial charge in [0, 0.05) is 6.54 Å². The second kappa shape index (κ2) is 6.72. The maximum absolute atomic E-state index is 11.7. The van der Waals surface area contributed by atoms with Crippen LogP contribution in [0.2, 0.25) is 0 Å². The Labute approximate surface area is 120 Å². The SMILES string of the molecule is C=CCNC(=O)/C(C#N)=C\c1ccc(C(C)(C)C)cc1. The van der Waals surface area contributed by atoms with Crippen molar-refractivity contribution in [3.05, 3.63) is 53.6 Å². The van der Waals surface area contributed by atoms with Crippen molar-refractivity contribution in [3.8, 4) is 6.07 Å². The average molecular weight is 268 g/mol. The third kappa shape index (κ3) is 4.40. The van der Waals surface area contributed by atoms with E-state index in [-0.39, 0.29) is 16.9 Å². The number of nitrogens with zero attached hydrogens (tertiary/aromatic N) is 1. The molecule has 104 valence electrons. The highest BCUT2D eigenvalue weighted by atomic mass is 16.1. The molecule has 0 unspecified atom stereocenters. The van der Waals surface area contributed by atoms with Gasteiger partial charge in [-0.05, 0) is 22.6 Å². The number of benzene rings is 1. The number of carbonyl (C=O) groups is 1. The maximum atomic E-state index is 11.7. The molecule has 1 amide bonds. The van der Waals surface area contributed by atoms with Crippen molar-refractivity contribution in [3.63, 3.8) is 0 Å². The molecule has 1 rings (SSSR count). The lowest BCUT2D eigenvalue weighted by Crippen LogP contribution is -2.24. The van der Waals surface area contributed by atoms with E-state index in [1.165, 1.54) is 5.56 Å². The van der Waals surface area contributed by atoms with Crippen LogP contribution in [0.1, 0.15) is 31.9 Å². The number of carbonyl (C=O) groups excluding carboxylic acids is 1. The molecule has 1 aromatic rings. The van der Waals surface area contributed by atoms with Crippen molar-refractivity contribution in [2.45, 2.75) is 26.2 Å². The average Bonchev–Trinajstić information content (AvgIpc) is 2.41. The molecule has 0 radical (unpaired) electrons. The standard InChI is InChI=1S/C17H20N2O/c1-5-10-19-16(20)14(12-18)11-13-6-8-15(9-7-13)17(2,3)4/h5-9,11H,1,10H2,2-4H3,(H,19,20)/b14-11-. The summed E-state index contributed by atoms with van der Waals surface area (Å²) >= 11 is 0. The zero-order valence-electron chi connectivity index (χ0n) is 12.2. The van der Waals surface area contributed by atoms with Gasteiger partial charge in [-0.15, -0.1) is 6.58 Å². The van der Waals surface area contributed by atoms with Crippen molar-refractivity contribution >= 4 is 12.0 Å². The molecule has 20 heavy (non-hydrogen) atoms. The van der Waals surface area contributed by atoms with E-state index in [0.29, 0.717) is 6.54 Å². The lowest BCUT2D eigenvalue weighted by atomic mass is 9.86. The van der Waals surface area contributed by atoms with Crippen LogP contribution in [0.5, 0.6) is 0 Å². The highest BCUT2D eigenvalue weighted by Gasteiger charge is 2.13. The normalized spacial score (nSPS) is 11.6. The summed E-state index contributed by atoms with van der Waals surface area (Å²) in [5.41, 5.74) is 2.23. The van der Waals surface area contributed by atoms with E-state index in [9.17, 15) is 4.79 Å². The molecular weight excluding hydrogens is 248 g/mol. The summed E-state index contributed by atoms with van der Waals surface area (Å²) in [4.78, 5) is 11.7. The smallest absolute Gasteiger partial charge is 0.262 e. The zero-order chi connectivity index (χ0) is 15.2. The first-order valence-electron chi connectivity index (χ1n) is 6.50. The van der Waals surface area contributed by atoms with Gasteiger partial charge in [-0.1, -0.05) is 51.1 Å². The Morgan fingerprint density at radius 2 is 1.95 bits per heavy atom. The first-order valence-corrected chi connectivity index (χ1v) is 6.50. The second-order valence-electron chi connectivity index (χ2n) is 5.54. The Hall–Kier alpha value is -2.34. The Balaban J connectivity index is 2.94. The van der Waals surface area contributed by atoms with Gasteiger partial charge in [0.1, 0.15) is 11.6 Å². The third-order valence-electron chi connectivity index (χ3n) is 2.86. The van der Waals surface area contributed by atoms with E-state index in [1.807, 2.05) is 30.3 Å². The van der Waals surface area contributed by atoms with Crippen LogP contribution in [0.4, 0.5) is 0 Å². The molecule has 0 atom stereocenters. The number of rotatable bonds is 4. The Bertz CT molecular complexity index is 554. The highest BCUT2D eigenvalue weighted by Crippen LogP contribution is 2.22. The summed E-state index contributed by atoms with van der Waals surface area (Å²) in [5, 5.41) is 11.6. The van der Waals surface area contributed by atoms with Crippen LogP contribution >= 0.6 is 0 Å². The van der Waals surface area contributed by atoms with Crippen molar-refractivity contribution in [2.24, 2.45) is 0 Å². The van der Waals surface area contributed by atoms with Gasteiger partial charge in [-0.2, -0.15) is 5.26 Å². The fourth-order valence-electron chi connectivity index (χ4n) is 1.65. The van der Waals surface area contributed by atoms with Crippen LogP contribution in [0.15, 0.2) is 42.5 Å². The summed E-state index contributed by atoms with van der Waals surface area (Å²) in [5.74, 6) is -0.382. The van der Waals surface area contributed by atoms with Gasteiger partial charge in [-0.25, -0.2) is 0 Å². The predicted octanol–water partition coefficient (Wildman–Crippen LogP) is 3.19. The molecule has 0 spiro atoms. The summed E-state index contributed by atoms with van der Waals surface area (Å²) in [6, 6.07) is 9.78. The van der Waals surface area contributed by atoms with E-state index >= 15 is 0 Å². The summed E-state index contributed by atoms with van der Waals surface area (Å²) in [7, 11) is 0. The quantitative estimate of drug-likeness (QED) is 0.518. The lowest BCUT2D eigenvalue weighted by Gasteiger charge is -2.18. The minimum absolute atomic E-state index is 0.0850. The minimum Gasteiger partial charge on any atom is -0.348 e. The van der Waals surface area contributed by atoms with Gasteiger partial charge in [0.25, 0.3) is 5.91 Å². The van der Waals surface area contributed by atoms with Crippen molar-refractivity contribution in [1.29, 1.82) is 5.26 Å². The fraction of sp³-hybridized carbons (Fsp3) is 0.294. The summed E-state index contributed by atoms with van der Waals surface area (Å²) < 4.78 is 0. The van der Waals surface area contributed by atoms with Crippen LogP contribution < -0.4 is 5.32 Å². The third-order valence-corrected chi connectivity index (χ3v) is 2.86. The van der Waals surface area contributed by atoms with Gasteiger partial charge in [0.2, 0.25) is 0 Å². The topological polar surface area (TPSA) is 52.9 Å². The number of hydrogen-bond acceptors (Lipinski definition) is 2. The van der Waals surface area contributed by atoms with Gasteiger partial charge in [0.15, 0.2) is 0 Å². The lowest BCUT2D eigenvalue weighted by molar-refractivity contribution is -0.116. The van der Waals surface area contributed by atoms with Crippen molar-refractivity contribution < 1.29 is 4.79 Å². The maximum Gasteiger partial charge on any atom is 0.262 e. The van der Waals surface area contributed by atoms with E-state index in [2.05, 4.69) is 32.7 Å². The minimum atomic E-state index is -0.382. The van der Waals surface area contributed by atoms with Crippen LogP contribution in [0, 0.1) is 11.3 Å². The Morgan fingerprint density at radius 1 is 1.35 bits per heavy atom. The molecule has 0 heterocycles. The number of hydrogen-bond donors (Lipinski definition) is 1. The molecule has 0 fully saturated rings. The summed E-state index contributed by atoms with van der Waals surface area (Å²) in [6.45, 7) is 10.3. The number of nitrogens with one attached hydrogen (secondary N) is 1. The van der Waals surface area contributed by atoms with Crippen LogP contribution in [0.25, 0.3) is 6.08 Å². The van der Waals surface area contributed by atoms with Gasteiger partial charge in [0.05, 0.1) is 0 Å². The molecule has 0 aromatic heterocycles. The zero-order valence-corrected chi connectivity index (χ0v) is 12.2. The molecule has 1 N–H and O–H groups in total. The first kappa shape index (κ1) is 15.7. The fourth-order valence-corrected chi connectivity index (χ4v) is 1.65. The molecule has 3 heteroatoms. The van der Waals surface area contributed by atoms with E-state index < -0.39 is 0 Å². The molecule has 0 aliphatic carbocycles. The molecule has 1 aromatic carbocycles. The van der Waals surface area contributed by atoms with E-state index in [0.717, 1.165) is 5.56 Å². The highest BCUT2D eigenvalue weighted by molar-refractivity contribution is 6.01. The molecule has 0 saturated heterocycles.